The van der Waals surface area contributed by atoms with Crippen molar-refractivity contribution in [3.05, 3.63) is 28.3 Å². The van der Waals surface area contributed by atoms with Gasteiger partial charge in [0, 0.05) is 30.6 Å². The molecule has 0 spiro atoms. The number of hydrogen-bond acceptors (Lipinski definition) is 5. The van der Waals surface area contributed by atoms with Gasteiger partial charge >= 0.3 is 0 Å². The van der Waals surface area contributed by atoms with Crippen LogP contribution in [-0.4, -0.2) is 24.4 Å². The molecule has 7 heteroatoms. The Labute approximate surface area is 91.8 Å². The molecule has 0 saturated carbocycles. The maximum absolute atomic E-state index is 11.0. The summed E-state index contributed by atoms with van der Waals surface area (Å²) in [6.45, 7) is 0.0388. The van der Waals surface area contributed by atoms with E-state index >= 15 is 0 Å². The van der Waals surface area contributed by atoms with Gasteiger partial charge in [-0.3, -0.25) is 14.9 Å². The predicted octanol–water partition coefficient (Wildman–Crippen LogP) is 0.335. The highest BCUT2D eigenvalue weighted by molar-refractivity contribution is 5.80. The van der Waals surface area contributed by atoms with E-state index in [0.29, 0.717) is 5.69 Å². The highest BCUT2D eigenvalue weighted by Crippen LogP contribution is 2.21. The summed E-state index contributed by atoms with van der Waals surface area (Å²) in [5.74, 6) is -0.218. The summed E-state index contributed by atoms with van der Waals surface area (Å²) in [4.78, 5) is 21.0. The molecular weight excluding hydrogens is 212 g/mol. The van der Waals surface area contributed by atoms with Crippen LogP contribution in [0.15, 0.2) is 18.2 Å². The van der Waals surface area contributed by atoms with Gasteiger partial charge in [-0.05, 0) is 6.07 Å². The second-order valence-corrected chi connectivity index (χ2v) is 3.10. The molecule has 1 aromatic rings. The quantitative estimate of drug-likeness (QED) is 0.388. The van der Waals surface area contributed by atoms with Crippen LogP contribution in [0.4, 0.5) is 17.1 Å². The van der Waals surface area contributed by atoms with Crippen molar-refractivity contribution in [3.8, 4) is 0 Å². The number of nitro groups is 1. The van der Waals surface area contributed by atoms with Gasteiger partial charge in [0.2, 0.25) is 5.91 Å². The number of amides is 1. The summed E-state index contributed by atoms with van der Waals surface area (Å²) < 4.78 is 0. The van der Waals surface area contributed by atoms with Crippen LogP contribution in [0, 0.1) is 10.1 Å². The Bertz CT molecular complexity index is 419. The van der Waals surface area contributed by atoms with Gasteiger partial charge in [0.1, 0.15) is 0 Å². The van der Waals surface area contributed by atoms with E-state index in [2.05, 4.69) is 10.6 Å². The molecule has 0 saturated heterocycles. The number of nitrogens with one attached hydrogen (secondary N) is 2. The summed E-state index contributed by atoms with van der Waals surface area (Å²) in [6, 6.07) is 4.10. The van der Waals surface area contributed by atoms with Gasteiger partial charge in [0.25, 0.3) is 5.69 Å². The van der Waals surface area contributed by atoms with Crippen molar-refractivity contribution in [1.82, 2.24) is 5.32 Å². The fourth-order valence-electron chi connectivity index (χ4n) is 1.11. The average Bonchev–Trinajstić information content (AvgIpc) is 2.25. The first-order valence-corrected chi connectivity index (χ1v) is 4.52. The summed E-state index contributed by atoms with van der Waals surface area (Å²) in [6.07, 6.45) is 0. The number of non-ortho nitro benzene ring substituents is 1. The van der Waals surface area contributed by atoms with Crippen molar-refractivity contribution in [2.24, 2.45) is 0 Å². The second kappa shape index (κ2) is 4.96. The van der Waals surface area contributed by atoms with Gasteiger partial charge in [-0.1, -0.05) is 0 Å². The normalized spacial score (nSPS) is 9.56. The highest BCUT2D eigenvalue weighted by atomic mass is 16.6. The zero-order valence-corrected chi connectivity index (χ0v) is 8.69. The first-order chi connectivity index (χ1) is 7.52. The molecule has 0 aliphatic rings. The molecule has 0 radical (unpaired) electrons. The number of nitrogens with zero attached hydrogens (tertiary/aromatic N) is 1. The lowest BCUT2D eigenvalue weighted by molar-refractivity contribution is -0.384. The summed E-state index contributed by atoms with van der Waals surface area (Å²) >= 11 is 0. The van der Waals surface area contributed by atoms with Crippen LogP contribution in [0.25, 0.3) is 0 Å². The van der Waals surface area contributed by atoms with E-state index in [4.69, 9.17) is 5.73 Å². The van der Waals surface area contributed by atoms with Gasteiger partial charge in [0.15, 0.2) is 0 Å². The van der Waals surface area contributed by atoms with Crippen molar-refractivity contribution in [1.29, 1.82) is 0 Å². The largest absolute Gasteiger partial charge is 0.398 e. The van der Waals surface area contributed by atoms with E-state index in [1.807, 2.05) is 0 Å². The Hall–Kier alpha value is -2.31. The van der Waals surface area contributed by atoms with E-state index in [1.165, 1.54) is 25.2 Å². The smallest absolute Gasteiger partial charge is 0.273 e. The molecule has 7 nitrogen and oxygen atoms in total. The van der Waals surface area contributed by atoms with Crippen LogP contribution in [0.2, 0.25) is 0 Å². The Morgan fingerprint density at radius 1 is 1.50 bits per heavy atom. The van der Waals surface area contributed by atoms with E-state index in [0.717, 1.165) is 0 Å². The number of carbonyl (C=O) groups excluding carboxylic acids is 1. The third kappa shape index (κ3) is 3.12. The van der Waals surface area contributed by atoms with Crippen molar-refractivity contribution in [2.45, 2.75) is 0 Å². The fraction of sp³-hybridized carbons (Fsp3) is 0.222. The zero-order chi connectivity index (χ0) is 12.1. The van der Waals surface area contributed by atoms with Crippen LogP contribution in [-0.2, 0) is 4.79 Å². The van der Waals surface area contributed by atoms with Crippen LogP contribution >= 0.6 is 0 Å². The molecule has 0 atom stereocenters. The lowest BCUT2D eigenvalue weighted by Gasteiger charge is -2.06. The first-order valence-electron chi connectivity index (χ1n) is 4.52. The maximum atomic E-state index is 11.0. The standard InChI is InChI=1S/C9H12N4O3/c1-11-9(14)5-12-7-2-6(10)3-8(4-7)13(15)16/h2-4,12H,5,10H2,1H3,(H,11,14). The number of likely N-dealkylation sites (N-methyl/N-ethyl adjacent to an activating group) is 1. The molecule has 1 amide bonds. The average molecular weight is 224 g/mol. The second-order valence-electron chi connectivity index (χ2n) is 3.10. The minimum atomic E-state index is -0.540. The molecule has 4 N–H and O–H groups in total. The van der Waals surface area contributed by atoms with Crippen molar-refractivity contribution in [2.75, 3.05) is 24.6 Å². The molecule has 0 aliphatic carbocycles. The van der Waals surface area contributed by atoms with Crippen molar-refractivity contribution >= 4 is 23.0 Å². The van der Waals surface area contributed by atoms with Crippen LogP contribution in [0.5, 0.6) is 0 Å². The number of anilines is 2. The molecule has 86 valence electrons. The number of nitrogen functional groups attached to an aromatic ring is 1. The monoisotopic (exact) mass is 224 g/mol. The number of rotatable bonds is 4. The SMILES string of the molecule is CNC(=O)CNc1cc(N)cc([N+](=O)[O-])c1. The minimum Gasteiger partial charge on any atom is -0.398 e. The van der Waals surface area contributed by atoms with Gasteiger partial charge in [0.05, 0.1) is 11.5 Å². The number of nitrogens with two attached hydrogens (primary N) is 1. The summed E-state index contributed by atoms with van der Waals surface area (Å²) in [7, 11) is 1.51. The van der Waals surface area contributed by atoms with E-state index in [9.17, 15) is 14.9 Å². The lowest BCUT2D eigenvalue weighted by atomic mass is 10.2. The molecule has 0 unspecified atom stereocenters. The van der Waals surface area contributed by atoms with E-state index < -0.39 is 4.92 Å². The van der Waals surface area contributed by atoms with Gasteiger partial charge in [-0.2, -0.15) is 0 Å². The Morgan fingerprint density at radius 2 is 2.19 bits per heavy atom. The third-order valence-electron chi connectivity index (χ3n) is 1.88. The van der Waals surface area contributed by atoms with E-state index in [1.54, 1.807) is 0 Å². The molecule has 1 rings (SSSR count). The van der Waals surface area contributed by atoms with E-state index in [-0.39, 0.29) is 23.8 Å². The molecule has 1 aromatic carbocycles. The molecule has 0 aromatic heterocycles. The first kappa shape index (κ1) is 11.8. The van der Waals surface area contributed by atoms with Gasteiger partial charge in [-0.15, -0.1) is 0 Å². The summed E-state index contributed by atoms with van der Waals surface area (Å²) in [5, 5.41) is 15.7. The molecule has 0 bridgehead atoms. The molecule has 0 aliphatic heterocycles. The van der Waals surface area contributed by atoms with Crippen LogP contribution < -0.4 is 16.4 Å². The summed E-state index contributed by atoms with van der Waals surface area (Å²) in [5.41, 5.74) is 6.09. The highest BCUT2D eigenvalue weighted by Gasteiger charge is 2.08. The maximum Gasteiger partial charge on any atom is 0.273 e. The van der Waals surface area contributed by atoms with Crippen molar-refractivity contribution < 1.29 is 9.72 Å². The number of hydrogen-bond donors (Lipinski definition) is 3. The van der Waals surface area contributed by atoms with Crippen LogP contribution in [0.3, 0.4) is 0 Å². The minimum absolute atomic E-state index is 0.0388. The molecule has 0 fully saturated rings. The Balaban J connectivity index is 2.80. The Kier molecular flexibility index (Phi) is 3.65. The van der Waals surface area contributed by atoms with Crippen LogP contribution in [0.1, 0.15) is 0 Å². The lowest BCUT2D eigenvalue weighted by Crippen LogP contribution is -2.26. The molecule has 16 heavy (non-hydrogen) atoms. The fourth-order valence-corrected chi connectivity index (χ4v) is 1.11. The van der Waals surface area contributed by atoms with Gasteiger partial charge in [-0.25, -0.2) is 0 Å². The zero-order valence-electron chi connectivity index (χ0n) is 8.69. The number of carbonyl (C=O) groups is 1. The molecule has 0 heterocycles. The van der Waals surface area contributed by atoms with Crippen molar-refractivity contribution in [3.63, 3.8) is 0 Å². The topological polar surface area (TPSA) is 110 Å². The number of benzene rings is 1. The molecular formula is C9H12N4O3. The number of nitro benzene ring substituents is 1. The Morgan fingerprint density at radius 3 is 2.75 bits per heavy atom. The van der Waals surface area contributed by atoms with Gasteiger partial charge < -0.3 is 16.4 Å². The predicted molar refractivity (Wildman–Crippen MR) is 60.1 cm³/mol. The third-order valence-corrected chi connectivity index (χ3v) is 1.88.